The third kappa shape index (κ3) is 3.40. The molecular weight excluding hydrogens is 360 g/mol. The number of rotatable bonds is 3. The lowest BCUT2D eigenvalue weighted by Crippen LogP contribution is -2.12. The number of amides is 1. The minimum atomic E-state index is -0.161. The van der Waals surface area contributed by atoms with Gasteiger partial charge in [0.05, 0.1) is 0 Å². The predicted molar refractivity (Wildman–Crippen MR) is 79.0 cm³/mol. The van der Waals surface area contributed by atoms with Crippen LogP contribution in [0.4, 0.5) is 5.82 Å². The zero-order valence-corrected chi connectivity index (χ0v) is 12.5. The molecule has 2 aromatic rings. The van der Waals surface area contributed by atoms with Crippen molar-refractivity contribution in [2.24, 2.45) is 0 Å². The van der Waals surface area contributed by atoms with Crippen molar-refractivity contribution in [3.63, 3.8) is 0 Å². The fourth-order valence-electron chi connectivity index (χ4n) is 1.38. The molecule has 0 aliphatic heterocycles. The molecule has 1 aromatic carbocycles. The highest BCUT2D eigenvalue weighted by Gasteiger charge is 2.06. The van der Waals surface area contributed by atoms with Gasteiger partial charge in [-0.1, -0.05) is 28.1 Å². The van der Waals surface area contributed by atoms with Crippen molar-refractivity contribution in [3.05, 3.63) is 58.2 Å². The van der Waals surface area contributed by atoms with Gasteiger partial charge >= 0.3 is 0 Å². The van der Waals surface area contributed by atoms with Crippen LogP contribution in [0.3, 0.4) is 0 Å². The van der Waals surface area contributed by atoms with Crippen LogP contribution >= 0.6 is 31.9 Å². The molecule has 0 aliphatic carbocycles. The summed E-state index contributed by atoms with van der Waals surface area (Å²) in [5.74, 6) is 0.374. The van der Waals surface area contributed by atoms with Gasteiger partial charge in [-0.3, -0.25) is 4.79 Å². The Labute approximate surface area is 122 Å². The van der Waals surface area contributed by atoms with Gasteiger partial charge in [-0.2, -0.15) is 0 Å². The lowest BCUT2D eigenvalue weighted by atomic mass is 10.1. The van der Waals surface area contributed by atoms with E-state index in [2.05, 4.69) is 42.2 Å². The fourth-order valence-corrected chi connectivity index (χ4v) is 1.99. The van der Waals surface area contributed by atoms with Crippen LogP contribution in [0.2, 0.25) is 0 Å². The van der Waals surface area contributed by atoms with Crippen LogP contribution in [0, 0.1) is 0 Å². The molecule has 1 amide bonds. The molecule has 1 aromatic heterocycles. The smallest absolute Gasteiger partial charge is 0.256 e. The number of hydrogen-bond acceptors (Lipinski definition) is 2. The number of anilines is 1. The summed E-state index contributed by atoms with van der Waals surface area (Å²) >= 11 is 6.66. The Balaban J connectivity index is 2.09. The molecule has 0 saturated carbocycles. The van der Waals surface area contributed by atoms with E-state index in [0.717, 1.165) is 15.4 Å². The number of carbonyl (C=O) groups is 1. The van der Waals surface area contributed by atoms with Crippen molar-refractivity contribution in [3.8, 4) is 0 Å². The second-order valence-corrected chi connectivity index (χ2v) is 5.12. The average Bonchev–Trinajstić information content (AvgIpc) is 2.41. The van der Waals surface area contributed by atoms with Crippen LogP contribution in [-0.4, -0.2) is 10.9 Å². The zero-order chi connectivity index (χ0) is 13.0. The van der Waals surface area contributed by atoms with Crippen LogP contribution in [0.25, 0.3) is 0 Å². The molecule has 0 unspecified atom stereocenters. The number of carbonyl (C=O) groups excluding carboxylic acids is 1. The van der Waals surface area contributed by atoms with Crippen molar-refractivity contribution in [2.45, 2.75) is 5.33 Å². The molecule has 5 heteroatoms. The standard InChI is InChI=1S/C13H10Br2N2O/c14-7-9-1-3-10(4-2-9)13(18)17-12-6-5-11(15)8-16-12/h1-6,8H,7H2,(H,16,17,18). The Morgan fingerprint density at radius 1 is 1.17 bits per heavy atom. The molecule has 0 spiro atoms. The number of hydrogen-bond donors (Lipinski definition) is 1. The van der Waals surface area contributed by atoms with E-state index in [9.17, 15) is 4.79 Å². The Hall–Kier alpha value is -1.20. The SMILES string of the molecule is O=C(Nc1ccc(Br)cn1)c1ccc(CBr)cc1. The molecule has 0 saturated heterocycles. The second-order valence-electron chi connectivity index (χ2n) is 3.65. The van der Waals surface area contributed by atoms with Crippen LogP contribution in [0.5, 0.6) is 0 Å². The van der Waals surface area contributed by atoms with Crippen LogP contribution in [0.15, 0.2) is 47.1 Å². The van der Waals surface area contributed by atoms with Crippen molar-refractivity contribution in [1.82, 2.24) is 4.98 Å². The van der Waals surface area contributed by atoms with Gasteiger partial charge in [0.1, 0.15) is 5.82 Å². The molecular formula is C13H10Br2N2O. The highest BCUT2D eigenvalue weighted by molar-refractivity contribution is 9.10. The summed E-state index contributed by atoms with van der Waals surface area (Å²) in [7, 11) is 0. The summed E-state index contributed by atoms with van der Waals surface area (Å²) in [6.07, 6.45) is 1.64. The Bertz CT molecular complexity index is 538. The number of pyridine rings is 1. The van der Waals surface area contributed by atoms with Crippen LogP contribution < -0.4 is 5.32 Å². The van der Waals surface area contributed by atoms with Crippen LogP contribution in [0.1, 0.15) is 15.9 Å². The highest BCUT2D eigenvalue weighted by Crippen LogP contribution is 2.12. The van der Waals surface area contributed by atoms with E-state index >= 15 is 0 Å². The normalized spacial score (nSPS) is 10.1. The molecule has 18 heavy (non-hydrogen) atoms. The molecule has 0 bridgehead atoms. The van der Waals surface area contributed by atoms with Crippen molar-refractivity contribution in [2.75, 3.05) is 5.32 Å². The molecule has 0 aliphatic rings. The molecule has 92 valence electrons. The monoisotopic (exact) mass is 368 g/mol. The average molecular weight is 370 g/mol. The molecule has 1 N–H and O–H groups in total. The second kappa shape index (κ2) is 6.11. The van der Waals surface area contributed by atoms with Gasteiger partial charge in [0, 0.05) is 21.6 Å². The lowest BCUT2D eigenvalue weighted by Gasteiger charge is -2.05. The quantitative estimate of drug-likeness (QED) is 0.831. The maximum absolute atomic E-state index is 11.9. The maximum atomic E-state index is 11.9. The van der Waals surface area contributed by atoms with E-state index in [1.807, 2.05) is 18.2 Å². The molecule has 0 atom stereocenters. The van der Waals surface area contributed by atoms with E-state index in [1.165, 1.54) is 0 Å². The Kier molecular flexibility index (Phi) is 4.49. The fraction of sp³-hybridized carbons (Fsp3) is 0.0769. The number of aromatic nitrogens is 1. The molecule has 3 nitrogen and oxygen atoms in total. The third-order valence-corrected chi connectivity index (χ3v) is 3.46. The third-order valence-electron chi connectivity index (χ3n) is 2.34. The van der Waals surface area contributed by atoms with Crippen LogP contribution in [-0.2, 0) is 5.33 Å². The van der Waals surface area contributed by atoms with Gasteiger partial charge < -0.3 is 5.32 Å². The number of alkyl halides is 1. The Morgan fingerprint density at radius 3 is 2.44 bits per heavy atom. The summed E-state index contributed by atoms with van der Waals surface area (Å²) in [5, 5.41) is 3.52. The predicted octanol–water partition coefficient (Wildman–Crippen LogP) is 3.99. The minimum Gasteiger partial charge on any atom is -0.307 e. The Morgan fingerprint density at radius 2 is 1.89 bits per heavy atom. The summed E-state index contributed by atoms with van der Waals surface area (Å²) in [6, 6.07) is 11.0. The minimum absolute atomic E-state index is 0.161. The van der Waals surface area contributed by atoms with E-state index < -0.39 is 0 Å². The first kappa shape index (κ1) is 13.2. The van der Waals surface area contributed by atoms with Gasteiger partial charge in [0.15, 0.2) is 0 Å². The van der Waals surface area contributed by atoms with Crippen molar-refractivity contribution >= 4 is 43.6 Å². The van der Waals surface area contributed by atoms with E-state index in [0.29, 0.717) is 11.4 Å². The first-order valence-electron chi connectivity index (χ1n) is 5.27. The van der Waals surface area contributed by atoms with Gasteiger partial charge in [-0.25, -0.2) is 4.98 Å². The summed E-state index contributed by atoms with van der Waals surface area (Å²) < 4.78 is 0.877. The molecule has 1 heterocycles. The topological polar surface area (TPSA) is 42.0 Å². The van der Waals surface area contributed by atoms with Crippen molar-refractivity contribution < 1.29 is 4.79 Å². The first-order chi connectivity index (χ1) is 8.69. The number of benzene rings is 1. The van der Waals surface area contributed by atoms with Gasteiger partial charge in [-0.15, -0.1) is 0 Å². The summed E-state index contributed by atoms with van der Waals surface area (Å²) in [5.41, 5.74) is 1.75. The van der Waals surface area contributed by atoms with Gasteiger partial charge in [0.25, 0.3) is 5.91 Å². The molecule has 0 fully saturated rings. The largest absolute Gasteiger partial charge is 0.307 e. The van der Waals surface area contributed by atoms with Crippen molar-refractivity contribution in [1.29, 1.82) is 0 Å². The number of nitrogens with one attached hydrogen (secondary N) is 1. The van der Waals surface area contributed by atoms with E-state index in [4.69, 9.17) is 0 Å². The van der Waals surface area contributed by atoms with Gasteiger partial charge in [-0.05, 0) is 45.8 Å². The summed E-state index contributed by atoms with van der Waals surface area (Å²) in [4.78, 5) is 16.0. The van der Waals surface area contributed by atoms with E-state index in [1.54, 1.807) is 24.4 Å². The summed E-state index contributed by atoms with van der Waals surface area (Å²) in [6.45, 7) is 0. The first-order valence-corrected chi connectivity index (χ1v) is 7.18. The molecule has 2 rings (SSSR count). The number of halogens is 2. The molecule has 0 radical (unpaired) electrons. The number of nitrogens with zero attached hydrogens (tertiary/aromatic N) is 1. The van der Waals surface area contributed by atoms with E-state index in [-0.39, 0.29) is 5.91 Å². The highest BCUT2D eigenvalue weighted by atomic mass is 79.9. The lowest BCUT2D eigenvalue weighted by molar-refractivity contribution is 0.102. The van der Waals surface area contributed by atoms with Gasteiger partial charge in [0.2, 0.25) is 0 Å². The zero-order valence-electron chi connectivity index (χ0n) is 9.36. The maximum Gasteiger partial charge on any atom is 0.256 e.